The van der Waals surface area contributed by atoms with Gasteiger partial charge in [0.2, 0.25) is 0 Å². The van der Waals surface area contributed by atoms with Crippen molar-refractivity contribution in [1.29, 1.82) is 0 Å². The van der Waals surface area contributed by atoms with E-state index in [4.69, 9.17) is 9.47 Å². The number of fused-ring (bicyclic) bond motifs is 1. The van der Waals surface area contributed by atoms with Crippen LogP contribution in [0.25, 0.3) is 0 Å². The molecule has 0 bridgehead atoms. The molecular formula is C14H20N2O3. The van der Waals surface area contributed by atoms with E-state index in [1.807, 2.05) is 13.1 Å². The minimum atomic E-state index is -0.120. The Kier molecular flexibility index (Phi) is 4.63. The molecule has 0 aliphatic carbocycles. The lowest BCUT2D eigenvalue weighted by Crippen LogP contribution is -2.32. The lowest BCUT2D eigenvalue weighted by atomic mass is 10.1. The SMILES string of the molecule is CNCC(C)CNC(=O)c1cccc2c1OCCO2. The molecule has 1 aromatic rings. The third kappa shape index (κ3) is 3.38. The molecule has 1 unspecified atom stereocenters. The van der Waals surface area contributed by atoms with Crippen LogP contribution in [-0.4, -0.2) is 39.3 Å². The summed E-state index contributed by atoms with van der Waals surface area (Å²) in [7, 11) is 1.90. The van der Waals surface area contributed by atoms with Crippen molar-refractivity contribution in [3.8, 4) is 11.5 Å². The van der Waals surface area contributed by atoms with Crippen molar-refractivity contribution in [2.75, 3.05) is 33.4 Å². The minimum absolute atomic E-state index is 0.120. The fourth-order valence-corrected chi connectivity index (χ4v) is 2.04. The van der Waals surface area contributed by atoms with Crippen LogP contribution in [0.1, 0.15) is 17.3 Å². The summed E-state index contributed by atoms with van der Waals surface area (Å²) in [5.74, 6) is 1.45. The maximum atomic E-state index is 12.2. The molecule has 19 heavy (non-hydrogen) atoms. The van der Waals surface area contributed by atoms with Crippen LogP contribution in [0.4, 0.5) is 0 Å². The van der Waals surface area contributed by atoms with E-state index in [0.717, 1.165) is 6.54 Å². The number of ether oxygens (including phenoxy) is 2. The van der Waals surface area contributed by atoms with Crippen molar-refractivity contribution in [3.63, 3.8) is 0 Å². The molecule has 104 valence electrons. The number of rotatable bonds is 5. The predicted octanol–water partition coefficient (Wildman–Crippen LogP) is 1.04. The van der Waals surface area contributed by atoms with Gasteiger partial charge in [-0.2, -0.15) is 0 Å². The zero-order chi connectivity index (χ0) is 13.7. The first-order valence-corrected chi connectivity index (χ1v) is 6.53. The number of carbonyl (C=O) groups is 1. The number of nitrogens with one attached hydrogen (secondary N) is 2. The van der Waals surface area contributed by atoms with E-state index in [-0.39, 0.29) is 5.91 Å². The van der Waals surface area contributed by atoms with Crippen molar-refractivity contribution in [1.82, 2.24) is 10.6 Å². The summed E-state index contributed by atoms with van der Waals surface area (Å²) in [6, 6.07) is 5.37. The monoisotopic (exact) mass is 264 g/mol. The molecule has 1 aromatic carbocycles. The fourth-order valence-electron chi connectivity index (χ4n) is 2.04. The minimum Gasteiger partial charge on any atom is -0.486 e. The quantitative estimate of drug-likeness (QED) is 0.834. The average molecular weight is 264 g/mol. The van der Waals surface area contributed by atoms with E-state index in [2.05, 4.69) is 17.6 Å². The van der Waals surface area contributed by atoms with Gasteiger partial charge in [-0.05, 0) is 31.6 Å². The Bertz CT molecular complexity index is 448. The van der Waals surface area contributed by atoms with Gasteiger partial charge in [-0.15, -0.1) is 0 Å². The summed E-state index contributed by atoms with van der Waals surface area (Å²) in [6.07, 6.45) is 0. The molecule has 2 N–H and O–H groups in total. The first kappa shape index (κ1) is 13.7. The van der Waals surface area contributed by atoms with Gasteiger partial charge < -0.3 is 20.1 Å². The number of carbonyl (C=O) groups excluding carboxylic acids is 1. The van der Waals surface area contributed by atoms with Crippen LogP contribution in [0.2, 0.25) is 0 Å². The van der Waals surface area contributed by atoms with Gasteiger partial charge in [-0.3, -0.25) is 4.79 Å². The molecule has 1 aliphatic rings. The number of amides is 1. The Morgan fingerprint density at radius 3 is 2.89 bits per heavy atom. The topological polar surface area (TPSA) is 59.6 Å². The maximum Gasteiger partial charge on any atom is 0.255 e. The summed E-state index contributed by atoms with van der Waals surface area (Å²) in [4.78, 5) is 12.2. The molecule has 0 fully saturated rings. The highest BCUT2D eigenvalue weighted by Crippen LogP contribution is 2.33. The molecule has 1 amide bonds. The standard InChI is InChI=1S/C14H20N2O3/c1-10(8-15-2)9-16-14(17)11-4-3-5-12-13(11)19-7-6-18-12/h3-5,10,15H,6-9H2,1-2H3,(H,16,17). The average Bonchev–Trinajstić information content (AvgIpc) is 2.44. The van der Waals surface area contributed by atoms with E-state index in [0.29, 0.717) is 42.7 Å². The van der Waals surface area contributed by atoms with Gasteiger partial charge in [0.05, 0.1) is 5.56 Å². The predicted molar refractivity (Wildman–Crippen MR) is 72.9 cm³/mol. The van der Waals surface area contributed by atoms with Gasteiger partial charge in [0.25, 0.3) is 5.91 Å². The Hall–Kier alpha value is -1.75. The summed E-state index contributed by atoms with van der Waals surface area (Å²) < 4.78 is 11.0. The second-order valence-corrected chi connectivity index (χ2v) is 4.70. The second-order valence-electron chi connectivity index (χ2n) is 4.70. The molecule has 5 nitrogen and oxygen atoms in total. The van der Waals surface area contributed by atoms with E-state index < -0.39 is 0 Å². The molecule has 1 atom stereocenters. The van der Waals surface area contributed by atoms with Crippen molar-refractivity contribution >= 4 is 5.91 Å². The number of benzene rings is 1. The van der Waals surface area contributed by atoms with E-state index in [1.165, 1.54) is 0 Å². The van der Waals surface area contributed by atoms with Gasteiger partial charge in [-0.1, -0.05) is 13.0 Å². The third-order valence-electron chi connectivity index (χ3n) is 2.97. The van der Waals surface area contributed by atoms with Gasteiger partial charge in [0.15, 0.2) is 11.5 Å². The lowest BCUT2D eigenvalue weighted by Gasteiger charge is -2.21. The van der Waals surface area contributed by atoms with Gasteiger partial charge in [0, 0.05) is 6.54 Å². The van der Waals surface area contributed by atoms with E-state index in [1.54, 1.807) is 12.1 Å². The Morgan fingerprint density at radius 1 is 1.32 bits per heavy atom. The first-order chi connectivity index (χ1) is 9.22. The largest absolute Gasteiger partial charge is 0.486 e. The van der Waals surface area contributed by atoms with Crippen LogP contribution in [0.3, 0.4) is 0 Å². The number of hydrogen-bond acceptors (Lipinski definition) is 4. The van der Waals surface area contributed by atoms with Gasteiger partial charge >= 0.3 is 0 Å². The van der Waals surface area contributed by atoms with Gasteiger partial charge in [-0.25, -0.2) is 0 Å². The van der Waals surface area contributed by atoms with Crippen LogP contribution < -0.4 is 20.1 Å². The molecular weight excluding hydrogens is 244 g/mol. The number of hydrogen-bond donors (Lipinski definition) is 2. The smallest absolute Gasteiger partial charge is 0.255 e. The summed E-state index contributed by atoms with van der Waals surface area (Å²) in [6.45, 7) is 4.58. The molecule has 1 heterocycles. The molecule has 0 saturated carbocycles. The highest BCUT2D eigenvalue weighted by atomic mass is 16.6. The molecule has 2 rings (SSSR count). The van der Waals surface area contributed by atoms with Crippen molar-refractivity contribution < 1.29 is 14.3 Å². The van der Waals surface area contributed by atoms with Gasteiger partial charge in [0.1, 0.15) is 13.2 Å². The highest BCUT2D eigenvalue weighted by Gasteiger charge is 2.20. The molecule has 0 saturated heterocycles. The maximum absolute atomic E-state index is 12.2. The molecule has 0 aromatic heterocycles. The first-order valence-electron chi connectivity index (χ1n) is 6.53. The Morgan fingerprint density at radius 2 is 2.11 bits per heavy atom. The molecule has 0 radical (unpaired) electrons. The van der Waals surface area contributed by atoms with Crippen molar-refractivity contribution in [2.24, 2.45) is 5.92 Å². The van der Waals surface area contributed by atoms with Crippen LogP contribution in [-0.2, 0) is 0 Å². The molecule has 5 heteroatoms. The Labute approximate surface area is 113 Å². The van der Waals surface area contributed by atoms with Crippen molar-refractivity contribution in [2.45, 2.75) is 6.92 Å². The zero-order valence-electron chi connectivity index (χ0n) is 11.4. The van der Waals surface area contributed by atoms with Crippen LogP contribution in [0.5, 0.6) is 11.5 Å². The second kappa shape index (κ2) is 6.43. The molecule has 0 spiro atoms. The van der Waals surface area contributed by atoms with Crippen molar-refractivity contribution in [3.05, 3.63) is 23.8 Å². The Balaban J connectivity index is 2.03. The lowest BCUT2D eigenvalue weighted by molar-refractivity contribution is 0.0937. The summed E-state index contributed by atoms with van der Waals surface area (Å²) in [5, 5.41) is 6.00. The summed E-state index contributed by atoms with van der Waals surface area (Å²) >= 11 is 0. The third-order valence-corrected chi connectivity index (χ3v) is 2.97. The zero-order valence-corrected chi connectivity index (χ0v) is 11.4. The summed E-state index contributed by atoms with van der Waals surface area (Å²) in [5.41, 5.74) is 0.536. The van der Waals surface area contributed by atoms with E-state index >= 15 is 0 Å². The normalized spacial score (nSPS) is 14.8. The molecule has 1 aliphatic heterocycles. The van der Waals surface area contributed by atoms with Crippen LogP contribution in [0, 0.1) is 5.92 Å². The fraction of sp³-hybridized carbons (Fsp3) is 0.500. The number of para-hydroxylation sites is 1. The van der Waals surface area contributed by atoms with Crippen LogP contribution in [0.15, 0.2) is 18.2 Å². The van der Waals surface area contributed by atoms with Crippen LogP contribution >= 0.6 is 0 Å². The van der Waals surface area contributed by atoms with E-state index in [9.17, 15) is 4.79 Å². The highest BCUT2D eigenvalue weighted by molar-refractivity contribution is 5.97.